The third-order valence-electron chi connectivity index (χ3n) is 4.39. The minimum atomic E-state index is -3.57. The fraction of sp³-hybridized carbons (Fsp3) is 0.571. The van der Waals surface area contributed by atoms with E-state index in [1.54, 1.807) is 17.4 Å². The van der Waals surface area contributed by atoms with Crippen molar-refractivity contribution in [1.29, 1.82) is 0 Å². The normalized spacial score (nSPS) is 25.7. The summed E-state index contributed by atoms with van der Waals surface area (Å²) in [6.45, 7) is 1.09. The fourth-order valence-electron chi connectivity index (χ4n) is 3.43. The summed E-state index contributed by atoms with van der Waals surface area (Å²) in [4.78, 5) is 0.134. The summed E-state index contributed by atoms with van der Waals surface area (Å²) in [6, 6.07) is 3.29. The average molecular weight is 349 g/mol. The molecule has 2 unspecified atom stereocenters. The van der Waals surface area contributed by atoms with Crippen LogP contribution in [0.15, 0.2) is 17.0 Å². The van der Waals surface area contributed by atoms with E-state index >= 15 is 0 Å². The first-order chi connectivity index (χ1) is 9.93. The van der Waals surface area contributed by atoms with Gasteiger partial charge in [-0.05, 0) is 49.9 Å². The first-order valence-electron chi connectivity index (χ1n) is 7.08. The molecular weight excluding hydrogens is 331 g/mol. The number of benzene rings is 1. The third-order valence-corrected chi connectivity index (χ3v) is 7.11. The Kier molecular flexibility index (Phi) is 4.23. The first kappa shape index (κ1) is 15.6. The second-order valence-corrected chi connectivity index (χ2v) is 8.49. The van der Waals surface area contributed by atoms with Gasteiger partial charge in [0.15, 0.2) is 0 Å². The van der Waals surface area contributed by atoms with Crippen LogP contribution in [0, 0.1) is 5.92 Å². The Hall–Kier alpha value is -0.330. The van der Waals surface area contributed by atoms with Gasteiger partial charge in [-0.25, -0.2) is 8.42 Å². The van der Waals surface area contributed by atoms with E-state index in [1.165, 1.54) is 6.07 Å². The molecular formula is C14H18Cl2N2O2S. The molecule has 0 amide bonds. The molecule has 2 aliphatic rings. The van der Waals surface area contributed by atoms with E-state index in [2.05, 4.69) is 5.32 Å². The summed E-state index contributed by atoms with van der Waals surface area (Å²) in [7, 11) is -1.79. The summed E-state index contributed by atoms with van der Waals surface area (Å²) in [6.07, 6.45) is 3.05. The highest BCUT2D eigenvalue weighted by Crippen LogP contribution is 2.42. The number of rotatable bonds is 4. The van der Waals surface area contributed by atoms with Gasteiger partial charge in [0.05, 0.1) is 5.02 Å². The second-order valence-electron chi connectivity index (χ2n) is 5.81. The molecule has 21 heavy (non-hydrogen) atoms. The van der Waals surface area contributed by atoms with Crippen LogP contribution < -0.4 is 5.32 Å². The molecule has 1 aliphatic carbocycles. The lowest BCUT2D eigenvalue weighted by Gasteiger charge is -2.27. The highest BCUT2D eigenvalue weighted by atomic mass is 35.5. The number of nitrogens with zero attached hydrogens (tertiary/aromatic N) is 1. The van der Waals surface area contributed by atoms with Crippen LogP contribution in [0.2, 0.25) is 10.0 Å². The number of hydrogen-bond donors (Lipinski definition) is 1. The van der Waals surface area contributed by atoms with E-state index in [9.17, 15) is 8.42 Å². The fourth-order valence-corrected chi connectivity index (χ4v) is 6.08. The van der Waals surface area contributed by atoms with Crippen LogP contribution in [0.3, 0.4) is 0 Å². The van der Waals surface area contributed by atoms with Gasteiger partial charge in [0.25, 0.3) is 0 Å². The van der Waals surface area contributed by atoms with Crippen LogP contribution in [-0.2, 0) is 16.6 Å². The van der Waals surface area contributed by atoms with Gasteiger partial charge in [0.1, 0.15) is 4.90 Å². The van der Waals surface area contributed by atoms with Crippen LogP contribution in [0.25, 0.3) is 0 Å². The minimum Gasteiger partial charge on any atom is -0.316 e. The molecule has 0 spiro atoms. The maximum atomic E-state index is 12.9. The van der Waals surface area contributed by atoms with Crippen molar-refractivity contribution >= 4 is 33.2 Å². The molecule has 2 bridgehead atoms. The molecule has 0 aromatic heterocycles. The van der Waals surface area contributed by atoms with Crippen molar-refractivity contribution in [3.63, 3.8) is 0 Å². The predicted molar refractivity (Wildman–Crippen MR) is 84.2 cm³/mol. The molecule has 7 heteroatoms. The molecule has 1 saturated heterocycles. The van der Waals surface area contributed by atoms with Crippen LogP contribution in [0.4, 0.5) is 0 Å². The topological polar surface area (TPSA) is 49.4 Å². The van der Waals surface area contributed by atoms with E-state index < -0.39 is 10.0 Å². The van der Waals surface area contributed by atoms with Crippen molar-refractivity contribution in [3.05, 3.63) is 27.7 Å². The summed E-state index contributed by atoms with van der Waals surface area (Å²) in [5, 5.41) is 3.65. The Morgan fingerprint density at radius 2 is 2.10 bits per heavy atom. The number of halogens is 2. The van der Waals surface area contributed by atoms with Gasteiger partial charge in [-0.1, -0.05) is 23.2 Å². The van der Waals surface area contributed by atoms with Gasteiger partial charge in [0, 0.05) is 24.2 Å². The maximum absolute atomic E-state index is 12.9. The Morgan fingerprint density at radius 3 is 2.67 bits per heavy atom. The molecule has 1 heterocycles. The number of hydrogen-bond acceptors (Lipinski definition) is 3. The highest BCUT2D eigenvalue weighted by Gasteiger charge is 2.44. The van der Waals surface area contributed by atoms with Gasteiger partial charge in [-0.15, -0.1) is 0 Å². The van der Waals surface area contributed by atoms with E-state index in [4.69, 9.17) is 23.2 Å². The van der Waals surface area contributed by atoms with Gasteiger partial charge in [-0.2, -0.15) is 4.31 Å². The van der Waals surface area contributed by atoms with Crippen LogP contribution >= 0.6 is 23.2 Å². The summed E-state index contributed by atoms with van der Waals surface area (Å²) >= 11 is 12.4. The molecule has 4 nitrogen and oxygen atoms in total. The smallest absolute Gasteiger partial charge is 0.244 e. The predicted octanol–water partition coefficient (Wildman–Crippen LogP) is 2.89. The van der Waals surface area contributed by atoms with Crippen molar-refractivity contribution in [2.45, 2.75) is 36.7 Å². The Labute approximate surface area is 135 Å². The van der Waals surface area contributed by atoms with Gasteiger partial charge >= 0.3 is 0 Å². The van der Waals surface area contributed by atoms with Crippen molar-refractivity contribution < 1.29 is 8.42 Å². The summed E-state index contributed by atoms with van der Waals surface area (Å²) < 4.78 is 27.4. The quantitative estimate of drug-likeness (QED) is 0.909. The van der Waals surface area contributed by atoms with Crippen LogP contribution in [0.1, 0.15) is 24.8 Å². The van der Waals surface area contributed by atoms with Gasteiger partial charge in [0.2, 0.25) is 10.0 Å². The third kappa shape index (κ3) is 2.70. The first-order valence-corrected chi connectivity index (χ1v) is 9.27. The van der Waals surface area contributed by atoms with Gasteiger partial charge in [-0.3, -0.25) is 0 Å². The molecule has 1 aromatic carbocycles. The molecule has 116 valence electrons. The molecule has 1 saturated carbocycles. The van der Waals surface area contributed by atoms with E-state index in [0.29, 0.717) is 29.6 Å². The summed E-state index contributed by atoms with van der Waals surface area (Å²) in [5.74, 6) is 0.500. The maximum Gasteiger partial charge on any atom is 0.244 e. The van der Waals surface area contributed by atoms with Crippen molar-refractivity contribution in [1.82, 2.24) is 9.62 Å². The molecule has 2 fully saturated rings. The zero-order valence-electron chi connectivity index (χ0n) is 11.8. The zero-order chi connectivity index (χ0) is 15.2. The van der Waals surface area contributed by atoms with Crippen LogP contribution in [-0.4, -0.2) is 32.4 Å². The lowest BCUT2D eigenvalue weighted by atomic mass is 10.1. The number of nitrogens with one attached hydrogen (secondary N) is 1. The Bertz CT molecular complexity index is 663. The van der Waals surface area contributed by atoms with Crippen molar-refractivity contribution in [3.8, 4) is 0 Å². The largest absolute Gasteiger partial charge is 0.316 e. The van der Waals surface area contributed by atoms with E-state index in [-0.39, 0.29) is 16.0 Å². The van der Waals surface area contributed by atoms with Crippen molar-refractivity contribution in [2.24, 2.45) is 5.92 Å². The molecule has 2 atom stereocenters. The monoisotopic (exact) mass is 348 g/mol. The highest BCUT2D eigenvalue weighted by molar-refractivity contribution is 7.89. The molecule has 3 rings (SSSR count). The van der Waals surface area contributed by atoms with Crippen LogP contribution in [0.5, 0.6) is 0 Å². The minimum absolute atomic E-state index is 0.128. The van der Waals surface area contributed by atoms with Crippen molar-refractivity contribution in [2.75, 3.05) is 13.6 Å². The Balaban J connectivity index is 2.03. The average Bonchev–Trinajstić information content (AvgIpc) is 3.05. The van der Waals surface area contributed by atoms with E-state index in [0.717, 1.165) is 19.3 Å². The number of fused-ring (bicyclic) bond motifs is 2. The lowest BCUT2D eigenvalue weighted by Crippen LogP contribution is -2.37. The van der Waals surface area contributed by atoms with E-state index in [1.807, 2.05) is 0 Å². The molecule has 1 aliphatic heterocycles. The lowest BCUT2D eigenvalue weighted by molar-refractivity contribution is 0.333. The second kappa shape index (κ2) is 5.70. The van der Waals surface area contributed by atoms with Gasteiger partial charge < -0.3 is 5.32 Å². The standard InChI is InChI=1S/C14H18Cl2N2O2S/c1-17-7-10-5-11(15)6-13(14(10)16)21(19,20)18-8-9-2-3-12(18)4-9/h5-6,9,12,17H,2-4,7-8H2,1H3. The molecule has 1 N–H and O–H groups in total. The summed E-state index contributed by atoms with van der Waals surface area (Å²) in [5.41, 5.74) is 0.703. The number of piperidine rings is 1. The number of sulfonamides is 1. The zero-order valence-corrected chi connectivity index (χ0v) is 14.1. The molecule has 0 radical (unpaired) electrons. The molecule has 1 aromatic rings. The SMILES string of the molecule is CNCc1cc(Cl)cc(S(=O)(=O)N2CC3CCC2C3)c1Cl. The Morgan fingerprint density at radius 1 is 1.33 bits per heavy atom.